The number of hydrogen-bond acceptors (Lipinski definition) is 4. The van der Waals surface area contributed by atoms with Gasteiger partial charge in [0.2, 0.25) is 0 Å². The molecule has 5 heteroatoms. The van der Waals surface area contributed by atoms with E-state index in [0.717, 1.165) is 12.4 Å². The Hall–Kier alpha value is -0.940. The van der Waals surface area contributed by atoms with Crippen LogP contribution in [-0.2, 0) is 13.0 Å². The van der Waals surface area contributed by atoms with Gasteiger partial charge in [-0.3, -0.25) is 4.68 Å². The van der Waals surface area contributed by atoms with Gasteiger partial charge in [0.25, 0.3) is 0 Å². The largest absolute Gasteiger partial charge is 0.388 e. The summed E-state index contributed by atoms with van der Waals surface area (Å²) in [7, 11) is 0. The van der Waals surface area contributed by atoms with Gasteiger partial charge in [-0.05, 0) is 12.3 Å². The first-order valence-corrected chi connectivity index (χ1v) is 5.63. The fourth-order valence-corrected chi connectivity index (χ4v) is 1.59. The predicted octanol–water partition coefficient (Wildman–Crippen LogP) is 0.576. The molecule has 1 heterocycles. The molecule has 1 rings (SSSR count). The van der Waals surface area contributed by atoms with Crippen LogP contribution in [0.15, 0.2) is 6.33 Å². The monoisotopic (exact) mass is 226 g/mol. The lowest BCUT2D eigenvalue weighted by Crippen LogP contribution is -2.51. The molecular formula is C11H22N4O. The van der Waals surface area contributed by atoms with Gasteiger partial charge in [0.15, 0.2) is 0 Å². The van der Waals surface area contributed by atoms with Gasteiger partial charge in [-0.1, -0.05) is 20.8 Å². The molecule has 5 nitrogen and oxygen atoms in total. The van der Waals surface area contributed by atoms with Crippen LogP contribution in [0.2, 0.25) is 0 Å². The maximum atomic E-state index is 10.5. The zero-order valence-corrected chi connectivity index (χ0v) is 10.6. The number of nitrogens with two attached hydrogens (primary N) is 1. The first kappa shape index (κ1) is 13.1. The Kier molecular flexibility index (Phi) is 3.70. The van der Waals surface area contributed by atoms with Crippen LogP contribution in [0.1, 0.15) is 33.5 Å². The summed E-state index contributed by atoms with van der Waals surface area (Å²) in [6.45, 7) is 8.90. The van der Waals surface area contributed by atoms with Gasteiger partial charge in [-0.2, -0.15) is 5.10 Å². The van der Waals surface area contributed by atoms with Crippen LogP contribution < -0.4 is 5.73 Å². The van der Waals surface area contributed by atoms with Gasteiger partial charge in [0.05, 0.1) is 5.60 Å². The van der Waals surface area contributed by atoms with E-state index in [-0.39, 0.29) is 12.0 Å². The van der Waals surface area contributed by atoms with E-state index in [9.17, 15) is 5.11 Å². The molecule has 1 aromatic heterocycles. The molecule has 0 bridgehead atoms. The Balaban J connectivity index is 2.94. The van der Waals surface area contributed by atoms with E-state index >= 15 is 0 Å². The first-order chi connectivity index (χ1) is 7.34. The average Bonchev–Trinajstić information content (AvgIpc) is 2.63. The van der Waals surface area contributed by atoms with Gasteiger partial charge in [0.1, 0.15) is 12.2 Å². The minimum absolute atomic E-state index is 0.215. The molecule has 3 N–H and O–H groups in total. The Morgan fingerprint density at radius 2 is 2.06 bits per heavy atom. The third kappa shape index (κ3) is 2.41. The maximum absolute atomic E-state index is 10.5. The maximum Gasteiger partial charge on any atom is 0.138 e. The second-order valence-electron chi connectivity index (χ2n) is 5.15. The zero-order valence-electron chi connectivity index (χ0n) is 10.6. The standard InChI is InChI=1S/C11H22N4O/c1-5-15-9(13-8-14-15)6-11(16,7-12)10(2,3)4/h8,16H,5-7,12H2,1-4H3. The topological polar surface area (TPSA) is 77.0 Å². The van der Waals surface area contributed by atoms with Crippen LogP contribution in [0.25, 0.3) is 0 Å². The van der Waals surface area contributed by atoms with Crippen molar-refractivity contribution < 1.29 is 5.11 Å². The van der Waals surface area contributed by atoms with Crippen LogP contribution in [0.4, 0.5) is 0 Å². The van der Waals surface area contributed by atoms with Crippen LogP contribution in [0.5, 0.6) is 0 Å². The number of hydrogen-bond donors (Lipinski definition) is 2. The normalized spacial score (nSPS) is 16.1. The minimum atomic E-state index is -0.951. The predicted molar refractivity (Wildman–Crippen MR) is 62.9 cm³/mol. The zero-order chi connectivity index (χ0) is 12.4. The molecule has 0 aliphatic carbocycles. The number of rotatable bonds is 4. The molecule has 1 atom stereocenters. The molecule has 92 valence electrons. The van der Waals surface area contributed by atoms with Gasteiger partial charge in [0, 0.05) is 19.5 Å². The molecule has 0 saturated carbocycles. The summed E-state index contributed by atoms with van der Waals surface area (Å²) in [4.78, 5) is 4.17. The molecule has 0 fully saturated rings. The molecule has 0 saturated heterocycles. The van der Waals surface area contributed by atoms with Crippen molar-refractivity contribution in [3.63, 3.8) is 0 Å². The van der Waals surface area contributed by atoms with Crippen molar-refractivity contribution in [2.45, 2.75) is 46.3 Å². The Morgan fingerprint density at radius 3 is 2.50 bits per heavy atom. The van der Waals surface area contributed by atoms with E-state index in [4.69, 9.17) is 5.73 Å². The number of nitrogens with zero attached hydrogens (tertiary/aromatic N) is 3. The summed E-state index contributed by atoms with van der Waals surface area (Å²) < 4.78 is 1.78. The Labute approximate surface area is 96.7 Å². The summed E-state index contributed by atoms with van der Waals surface area (Å²) in [6.07, 6.45) is 1.94. The number of aliphatic hydroxyl groups is 1. The molecule has 0 amide bonds. The second kappa shape index (κ2) is 4.51. The molecule has 0 aliphatic heterocycles. The van der Waals surface area contributed by atoms with E-state index in [2.05, 4.69) is 10.1 Å². The first-order valence-electron chi connectivity index (χ1n) is 5.63. The van der Waals surface area contributed by atoms with Crippen LogP contribution in [0, 0.1) is 5.41 Å². The summed E-state index contributed by atoms with van der Waals surface area (Å²) in [5.74, 6) is 0.783. The van der Waals surface area contributed by atoms with Gasteiger partial charge in [-0.15, -0.1) is 0 Å². The van der Waals surface area contributed by atoms with Crippen LogP contribution in [0.3, 0.4) is 0 Å². The number of aromatic nitrogens is 3. The minimum Gasteiger partial charge on any atom is -0.388 e. The van der Waals surface area contributed by atoms with Crippen molar-refractivity contribution in [3.8, 4) is 0 Å². The number of aryl methyl sites for hydroxylation is 1. The van der Waals surface area contributed by atoms with Crippen molar-refractivity contribution in [1.29, 1.82) is 0 Å². The lowest BCUT2D eigenvalue weighted by molar-refractivity contribution is -0.0511. The average molecular weight is 226 g/mol. The fraction of sp³-hybridized carbons (Fsp3) is 0.818. The van der Waals surface area contributed by atoms with Gasteiger partial charge in [-0.25, -0.2) is 4.98 Å². The summed E-state index contributed by atoms with van der Waals surface area (Å²) in [5.41, 5.74) is 4.46. The smallest absolute Gasteiger partial charge is 0.138 e. The quantitative estimate of drug-likeness (QED) is 0.787. The van der Waals surface area contributed by atoms with Gasteiger partial charge >= 0.3 is 0 Å². The van der Waals surface area contributed by atoms with Crippen molar-refractivity contribution >= 4 is 0 Å². The van der Waals surface area contributed by atoms with Gasteiger partial charge < -0.3 is 10.8 Å². The van der Waals surface area contributed by atoms with Crippen LogP contribution in [-0.4, -0.2) is 32.0 Å². The highest BCUT2D eigenvalue weighted by Crippen LogP contribution is 2.32. The van der Waals surface area contributed by atoms with Crippen molar-refractivity contribution in [1.82, 2.24) is 14.8 Å². The molecule has 0 aliphatic rings. The molecule has 0 spiro atoms. The van der Waals surface area contributed by atoms with E-state index in [1.807, 2.05) is 27.7 Å². The lowest BCUT2D eigenvalue weighted by atomic mass is 9.74. The summed E-state index contributed by atoms with van der Waals surface area (Å²) in [5, 5.41) is 14.6. The Morgan fingerprint density at radius 1 is 1.44 bits per heavy atom. The summed E-state index contributed by atoms with van der Waals surface area (Å²) >= 11 is 0. The summed E-state index contributed by atoms with van der Waals surface area (Å²) in [6, 6.07) is 0. The Bertz CT molecular complexity index is 342. The fourth-order valence-electron chi connectivity index (χ4n) is 1.59. The van der Waals surface area contributed by atoms with E-state index < -0.39 is 5.60 Å². The van der Waals surface area contributed by atoms with Crippen molar-refractivity contribution in [2.24, 2.45) is 11.1 Å². The lowest BCUT2D eigenvalue weighted by Gasteiger charge is -2.39. The van der Waals surface area contributed by atoms with E-state index in [1.54, 1.807) is 4.68 Å². The molecular weight excluding hydrogens is 204 g/mol. The molecule has 16 heavy (non-hydrogen) atoms. The highest BCUT2D eigenvalue weighted by Gasteiger charge is 2.40. The van der Waals surface area contributed by atoms with E-state index in [0.29, 0.717) is 6.42 Å². The third-order valence-corrected chi connectivity index (χ3v) is 3.18. The molecule has 1 unspecified atom stereocenters. The SMILES string of the molecule is CCn1ncnc1CC(O)(CN)C(C)(C)C. The molecule has 0 radical (unpaired) electrons. The highest BCUT2D eigenvalue weighted by atomic mass is 16.3. The van der Waals surface area contributed by atoms with Crippen molar-refractivity contribution in [2.75, 3.05) is 6.54 Å². The van der Waals surface area contributed by atoms with Crippen molar-refractivity contribution in [3.05, 3.63) is 12.2 Å². The molecule has 1 aromatic rings. The second-order valence-corrected chi connectivity index (χ2v) is 5.15. The molecule has 0 aromatic carbocycles. The van der Waals surface area contributed by atoms with E-state index in [1.165, 1.54) is 6.33 Å². The van der Waals surface area contributed by atoms with Crippen LogP contribution >= 0.6 is 0 Å². The third-order valence-electron chi connectivity index (χ3n) is 3.18. The highest BCUT2D eigenvalue weighted by molar-refractivity contribution is 5.01.